The maximum atomic E-state index is 14.2. The Bertz CT molecular complexity index is 1310. The van der Waals surface area contributed by atoms with Crippen LogP contribution in [0.15, 0.2) is 65.1 Å². The van der Waals surface area contributed by atoms with E-state index in [9.17, 15) is 12.8 Å². The van der Waals surface area contributed by atoms with Gasteiger partial charge in [0.15, 0.2) is 5.75 Å². The Morgan fingerprint density at radius 1 is 1.02 bits per heavy atom. The van der Waals surface area contributed by atoms with Crippen LogP contribution < -0.4 is 9.64 Å². The second kappa shape index (κ2) is 15.7. The number of rotatable bonds is 15. The molecule has 2 aromatic carbocycles. The molecule has 2 aromatic rings. The molecule has 0 saturated carbocycles. The molecule has 0 amide bonds. The number of hydrogen-bond donors (Lipinski definition) is 0. The quantitative estimate of drug-likeness (QED) is 0.218. The fourth-order valence-corrected chi connectivity index (χ4v) is 6.75. The van der Waals surface area contributed by atoms with E-state index in [0.717, 1.165) is 56.3 Å². The van der Waals surface area contributed by atoms with Crippen molar-refractivity contribution < 1.29 is 27.0 Å². The van der Waals surface area contributed by atoms with Crippen molar-refractivity contribution in [3.63, 3.8) is 0 Å². The van der Waals surface area contributed by atoms with Crippen LogP contribution in [0.3, 0.4) is 0 Å². The standard InChI is InChI=1S/C33H45FN2O5S/c1-4-6-15-35(16-7-5-2)31-22-28(25-40-24-27-10-8-9-26(3)21-27)23-32(42(37,38)36-17-19-39-20-18-36)33(31)41-30-13-11-29(34)12-14-30/h8,10-14,21-23,26H,4-7,9,15-20,24-25H2,1-3H3. The van der Waals surface area contributed by atoms with E-state index in [0.29, 0.717) is 37.2 Å². The third-order valence-corrected chi connectivity index (χ3v) is 9.40. The Hall–Kier alpha value is -2.72. The second-order valence-electron chi connectivity index (χ2n) is 11.1. The van der Waals surface area contributed by atoms with E-state index >= 15 is 0 Å². The normalized spacial score (nSPS) is 17.7. The predicted octanol–water partition coefficient (Wildman–Crippen LogP) is 7.08. The van der Waals surface area contributed by atoms with Crippen molar-refractivity contribution >= 4 is 15.7 Å². The number of nitrogens with zero attached hydrogens (tertiary/aromatic N) is 2. The summed E-state index contributed by atoms with van der Waals surface area (Å²) in [5.41, 5.74) is 2.59. The smallest absolute Gasteiger partial charge is 0.247 e. The molecule has 1 unspecified atom stereocenters. The molecule has 1 fully saturated rings. The Balaban J connectivity index is 1.80. The number of unbranched alkanes of at least 4 members (excludes halogenated alkanes) is 2. The highest BCUT2D eigenvalue weighted by Gasteiger charge is 2.33. The first-order valence-electron chi connectivity index (χ1n) is 15.2. The average Bonchev–Trinajstić information content (AvgIpc) is 2.99. The number of anilines is 1. The topological polar surface area (TPSA) is 68.3 Å². The number of benzene rings is 2. The van der Waals surface area contributed by atoms with Crippen LogP contribution in [0.1, 0.15) is 58.4 Å². The molecule has 0 bridgehead atoms. The van der Waals surface area contributed by atoms with Crippen molar-refractivity contribution in [3.8, 4) is 11.5 Å². The van der Waals surface area contributed by atoms with Gasteiger partial charge < -0.3 is 19.1 Å². The van der Waals surface area contributed by atoms with Crippen LogP contribution in [0.4, 0.5) is 10.1 Å². The lowest BCUT2D eigenvalue weighted by Crippen LogP contribution is -2.40. The number of allylic oxidation sites excluding steroid dienone is 2. The van der Waals surface area contributed by atoms with Gasteiger partial charge in [-0.1, -0.05) is 51.8 Å². The largest absolute Gasteiger partial charge is 0.454 e. The van der Waals surface area contributed by atoms with E-state index in [1.54, 1.807) is 6.07 Å². The van der Waals surface area contributed by atoms with E-state index in [1.165, 1.54) is 28.6 Å². The molecule has 7 nitrogen and oxygen atoms in total. The zero-order valence-electron chi connectivity index (χ0n) is 25.2. The summed E-state index contributed by atoms with van der Waals surface area (Å²) in [6.07, 6.45) is 11.4. The molecule has 0 aromatic heterocycles. The monoisotopic (exact) mass is 600 g/mol. The molecule has 1 heterocycles. The third-order valence-electron chi connectivity index (χ3n) is 7.50. The molecule has 9 heteroatoms. The Morgan fingerprint density at radius 3 is 2.36 bits per heavy atom. The molecule has 1 aliphatic heterocycles. The van der Waals surface area contributed by atoms with Crippen LogP contribution in [-0.2, 0) is 26.1 Å². The summed E-state index contributed by atoms with van der Waals surface area (Å²) in [7, 11) is -3.94. The van der Waals surface area contributed by atoms with Gasteiger partial charge in [0.2, 0.25) is 10.0 Å². The molecule has 0 radical (unpaired) electrons. The molecule has 1 atom stereocenters. The minimum absolute atomic E-state index is 0.0909. The summed E-state index contributed by atoms with van der Waals surface area (Å²) in [6.45, 7) is 9.89. The molecule has 0 spiro atoms. The van der Waals surface area contributed by atoms with Crippen molar-refractivity contribution in [2.24, 2.45) is 5.92 Å². The summed E-state index contributed by atoms with van der Waals surface area (Å²) in [6, 6.07) is 9.35. The first kappa shape index (κ1) is 32.2. The highest BCUT2D eigenvalue weighted by atomic mass is 32.2. The minimum Gasteiger partial charge on any atom is -0.454 e. The number of sulfonamides is 1. The van der Waals surface area contributed by atoms with E-state index in [4.69, 9.17) is 14.2 Å². The number of morpholine rings is 1. The van der Waals surface area contributed by atoms with Crippen molar-refractivity contribution in [1.82, 2.24) is 4.31 Å². The lowest BCUT2D eigenvalue weighted by atomic mass is 9.98. The number of ether oxygens (including phenoxy) is 3. The summed E-state index contributed by atoms with van der Waals surface area (Å²) < 4.78 is 61.6. The van der Waals surface area contributed by atoms with E-state index in [2.05, 4.69) is 43.9 Å². The lowest BCUT2D eigenvalue weighted by molar-refractivity contribution is 0.0729. The fraction of sp³-hybridized carbons (Fsp3) is 0.515. The summed E-state index contributed by atoms with van der Waals surface area (Å²) in [4.78, 5) is 2.31. The minimum atomic E-state index is -3.94. The predicted molar refractivity (Wildman–Crippen MR) is 165 cm³/mol. The number of hydrogen-bond acceptors (Lipinski definition) is 6. The van der Waals surface area contributed by atoms with Gasteiger partial charge in [0, 0.05) is 26.2 Å². The van der Waals surface area contributed by atoms with Gasteiger partial charge in [0.05, 0.1) is 32.1 Å². The second-order valence-corrected chi connectivity index (χ2v) is 13.0. The Labute approximate surface area is 251 Å². The van der Waals surface area contributed by atoms with Crippen LogP contribution in [0.5, 0.6) is 11.5 Å². The van der Waals surface area contributed by atoms with Gasteiger partial charge in [-0.2, -0.15) is 4.31 Å². The van der Waals surface area contributed by atoms with E-state index in [1.807, 2.05) is 6.07 Å². The van der Waals surface area contributed by atoms with E-state index in [-0.39, 0.29) is 36.2 Å². The molecular weight excluding hydrogens is 555 g/mol. The van der Waals surface area contributed by atoms with Crippen molar-refractivity contribution in [2.75, 3.05) is 50.9 Å². The van der Waals surface area contributed by atoms with Crippen molar-refractivity contribution in [2.45, 2.75) is 64.4 Å². The lowest BCUT2D eigenvalue weighted by Gasteiger charge is -2.31. The van der Waals surface area contributed by atoms with Crippen LogP contribution in [-0.4, -0.2) is 58.7 Å². The summed E-state index contributed by atoms with van der Waals surface area (Å²) in [5.74, 6) is 0.715. The van der Waals surface area contributed by atoms with Gasteiger partial charge in [-0.3, -0.25) is 0 Å². The van der Waals surface area contributed by atoms with Crippen molar-refractivity contribution in [3.05, 3.63) is 71.6 Å². The SMILES string of the molecule is CCCCN(CCCC)c1cc(COCC2=CC(C)CC=C2)cc(S(=O)(=O)N2CCOCC2)c1Oc1ccc(F)cc1. The molecule has 1 aliphatic carbocycles. The molecule has 42 heavy (non-hydrogen) atoms. The average molecular weight is 601 g/mol. The van der Waals surface area contributed by atoms with Crippen LogP contribution in [0.2, 0.25) is 0 Å². The number of halogens is 1. The molecular formula is C33H45FN2O5S. The Kier molecular flexibility index (Phi) is 12.0. The van der Waals surface area contributed by atoms with Gasteiger partial charge in [-0.25, -0.2) is 12.8 Å². The Morgan fingerprint density at radius 2 is 1.71 bits per heavy atom. The van der Waals surface area contributed by atoms with Crippen LogP contribution >= 0.6 is 0 Å². The molecule has 230 valence electrons. The highest BCUT2D eigenvalue weighted by Crippen LogP contribution is 2.41. The van der Waals surface area contributed by atoms with Crippen LogP contribution in [0.25, 0.3) is 0 Å². The van der Waals surface area contributed by atoms with Gasteiger partial charge in [0.1, 0.15) is 16.5 Å². The highest BCUT2D eigenvalue weighted by molar-refractivity contribution is 7.89. The van der Waals surface area contributed by atoms with E-state index < -0.39 is 10.0 Å². The maximum absolute atomic E-state index is 14.2. The zero-order valence-corrected chi connectivity index (χ0v) is 26.0. The first-order chi connectivity index (χ1) is 20.3. The fourth-order valence-electron chi connectivity index (χ4n) is 5.16. The third kappa shape index (κ3) is 8.66. The zero-order chi connectivity index (χ0) is 30.0. The molecule has 1 saturated heterocycles. The van der Waals surface area contributed by atoms with Crippen molar-refractivity contribution in [1.29, 1.82) is 0 Å². The first-order valence-corrected chi connectivity index (χ1v) is 16.6. The van der Waals surface area contributed by atoms with Crippen LogP contribution in [0, 0.1) is 11.7 Å². The molecule has 4 rings (SSSR count). The van der Waals surface area contributed by atoms with Gasteiger partial charge in [-0.05, 0) is 72.7 Å². The van der Waals surface area contributed by atoms with Gasteiger partial charge >= 0.3 is 0 Å². The van der Waals surface area contributed by atoms with Gasteiger partial charge in [-0.15, -0.1) is 0 Å². The summed E-state index contributed by atoms with van der Waals surface area (Å²) >= 11 is 0. The maximum Gasteiger partial charge on any atom is 0.247 e. The summed E-state index contributed by atoms with van der Waals surface area (Å²) in [5, 5.41) is 0. The molecule has 2 aliphatic rings. The molecule has 0 N–H and O–H groups in total. The van der Waals surface area contributed by atoms with Gasteiger partial charge in [0.25, 0.3) is 0 Å².